The van der Waals surface area contributed by atoms with Crippen LogP contribution in [0.1, 0.15) is 34.1 Å². The molecule has 1 spiro atoms. The first-order valence-corrected chi connectivity index (χ1v) is 13.3. The Bertz CT molecular complexity index is 1420. The molecular weight excluding hydrogens is 542 g/mol. The second kappa shape index (κ2) is 11.3. The van der Waals surface area contributed by atoms with Gasteiger partial charge in [0.25, 0.3) is 11.8 Å². The maximum Gasteiger partial charge on any atom is 0.311 e. The molecule has 0 saturated carbocycles. The number of carbonyl (C=O) groups is 3. The van der Waals surface area contributed by atoms with Crippen molar-refractivity contribution in [1.82, 2.24) is 9.80 Å². The van der Waals surface area contributed by atoms with Gasteiger partial charge in [0.2, 0.25) is 0 Å². The van der Waals surface area contributed by atoms with Crippen LogP contribution in [0, 0.1) is 23.0 Å². The van der Waals surface area contributed by atoms with Crippen molar-refractivity contribution >= 4 is 29.4 Å². The number of piperidine rings is 1. The van der Waals surface area contributed by atoms with Crippen LogP contribution in [-0.4, -0.2) is 60.4 Å². The number of hydrogen-bond donors (Lipinski definition) is 0. The molecule has 2 aliphatic heterocycles. The van der Waals surface area contributed by atoms with Crippen LogP contribution >= 0.6 is 11.6 Å². The minimum absolute atomic E-state index is 0.0179. The highest BCUT2D eigenvalue weighted by molar-refractivity contribution is 6.31. The van der Waals surface area contributed by atoms with Gasteiger partial charge in [-0.25, -0.2) is 8.78 Å². The maximum absolute atomic E-state index is 13.9. The summed E-state index contributed by atoms with van der Waals surface area (Å²) in [7, 11) is 0. The molecule has 1 unspecified atom stereocenters. The lowest BCUT2D eigenvalue weighted by atomic mass is 9.64. The highest BCUT2D eigenvalue weighted by Gasteiger charge is 2.56. The molecule has 5 rings (SSSR count). The molecule has 7 nitrogen and oxygen atoms in total. The lowest BCUT2D eigenvalue weighted by Gasteiger charge is -2.57. The Balaban J connectivity index is 1.33. The van der Waals surface area contributed by atoms with Gasteiger partial charge in [0.05, 0.1) is 23.1 Å². The van der Waals surface area contributed by atoms with E-state index in [-0.39, 0.29) is 31.2 Å². The van der Waals surface area contributed by atoms with E-state index in [1.54, 1.807) is 48.2 Å². The number of esters is 1. The molecule has 2 fully saturated rings. The number of carbonyl (C=O) groups excluding carboxylic acids is 3. The summed E-state index contributed by atoms with van der Waals surface area (Å²) in [5, 5.41) is -0.497. The zero-order chi connectivity index (χ0) is 28.4. The summed E-state index contributed by atoms with van der Waals surface area (Å²) < 4.78 is 38.9. The topological polar surface area (TPSA) is 76.2 Å². The number of para-hydroxylation sites is 2. The van der Waals surface area contributed by atoms with E-state index in [9.17, 15) is 23.2 Å². The molecule has 0 N–H and O–H groups in total. The average molecular weight is 569 g/mol. The number of benzene rings is 3. The first-order chi connectivity index (χ1) is 19.2. The van der Waals surface area contributed by atoms with E-state index >= 15 is 0 Å². The predicted octanol–water partition coefficient (Wildman–Crippen LogP) is 5.58. The molecule has 40 heavy (non-hydrogen) atoms. The molecule has 10 heteroatoms. The van der Waals surface area contributed by atoms with Gasteiger partial charge in [0, 0.05) is 37.2 Å². The van der Waals surface area contributed by atoms with Crippen LogP contribution in [0.3, 0.4) is 0 Å². The normalized spacial score (nSPS) is 17.8. The summed E-state index contributed by atoms with van der Waals surface area (Å²) in [5.74, 6) is -3.39. The van der Waals surface area contributed by atoms with Crippen molar-refractivity contribution in [2.45, 2.75) is 13.3 Å². The zero-order valence-electron chi connectivity index (χ0n) is 21.7. The molecule has 1 atom stereocenters. The molecule has 0 aliphatic carbocycles. The van der Waals surface area contributed by atoms with Gasteiger partial charge in [-0.2, -0.15) is 0 Å². The molecule has 3 aromatic rings. The highest BCUT2D eigenvalue weighted by Crippen LogP contribution is 2.46. The maximum atomic E-state index is 13.9. The molecule has 0 bridgehead atoms. The van der Waals surface area contributed by atoms with Gasteiger partial charge in [0.1, 0.15) is 11.5 Å². The molecule has 3 aromatic carbocycles. The van der Waals surface area contributed by atoms with Gasteiger partial charge in [-0.15, -0.1) is 0 Å². The average Bonchev–Trinajstić information content (AvgIpc) is 2.94. The number of ether oxygens (including phenoxy) is 2. The third kappa shape index (κ3) is 5.25. The zero-order valence-corrected chi connectivity index (χ0v) is 22.5. The Labute approximate surface area is 235 Å². The van der Waals surface area contributed by atoms with E-state index in [1.165, 1.54) is 4.90 Å². The summed E-state index contributed by atoms with van der Waals surface area (Å²) in [6, 6.07) is 18.0. The van der Waals surface area contributed by atoms with Gasteiger partial charge in [-0.3, -0.25) is 14.4 Å². The molecule has 2 saturated heterocycles. The summed E-state index contributed by atoms with van der Waals surface area (Å²) in [6.45, 7) is 2.73. The summed E-state index contributed by atoms with van der Waals surface area (Å²) in [6.07, 6.45) is 0.422. The second-order valence-electron chi connectivity index (χ2n) is 9.99. The summed E-state index contributed by atoms with van der Waals surface area (Å²) >= 11 is 5.75. The molecule has 2 aliphatic rings. The van der Waals surface area contributed by atoms with E-state index in [1.807, 2.05) is 18.2 Å². The fourth-order valence-corrected chi connectivity index (χ4v) is 5.61. The van der Waals surface area contributed by atoms with E-state index in [4.69, 9.17) is 21.1 Å². The molecule has 0 aromatic heterocycles. The second-order valence-corrected chi connectivity index (χ2v) is 10.4. The minimum Gasteiger partial charge on any atom is -0.466 e. The molecule has 208 valence electrons. The third-order valence-electron chi connectivity index (χ3n) is 7.50. The Hall–Kier alpha value is -3.98. The number of hydrogen-bond acceptors (Lipinski definition) is 5. The lowest BCUT2D eigenvalue weighted by Crippen LogP contribution is -2.67. The quantitative estimate of drug-likeness (QED) is 0.287. The van der Waals surface area contributed by atoms with Crippen molar-refractivity contribution in [1.29, 1.82) is 0 Å². The van der Waals surface area contributed by atoms with E-state index in [0.717, 1.165) is 12.1 Å². The van der Waals surface area contributed by atoms with Crippen LogP contribution in [0.15, 0.2) is 66.7 Å². The number of nitrogens with zero attached hydrogens (tertiary/aromatic N) is 2. The van der Waals surface area contributed by atoms with E-state index in [2.05, 4.69) is 0 Å². The van der Waals surface area contributed by atoms with Gasteiger partial charge >= 0.3 is 5.97 Å². The van der Waals surface area contributed by atoms with Gasteiger partial charge in [-0.05, 0) is 49.7 Å². The summed E-state index contributed by atoms with van der Waals surface area (Å²) in [4.78, 5) is 42.8. The van der Waals surface area contributed by atoms with Gasteiger partial charge in [-0.1, -0.05) is 41.9 Å². The van der Waals surface area contributed by atoms with Gasteiger partial charge < -0.3 is 19.3 Å². The molecule has 2 amide bonds. The number of amides is 2. The third-order valence-corrected chi connectivity index (χ3v) is 7.77. The summed E-state index contributed by atoms with van der Waals surface area (Å²) in [5.41, 5.74) is -0.292. The number of halogens is 3. The first-order valence-electron chi connectivity index (χ1n) is 12.9. The molecule has 2 heterocycles. The highest BCUT2D eigenvalue weighted by atomic mass is 35.5. The van der Waals surface area contributed by atoms with E-state index < -0.39 is 39.9 Å². The largest absolute Gasteiger partial charge is 0.466 e. The van der Waals surface area contributed by atoms with Crippen molar-refractivity contribution in [3.8, 4) is 11.5 Å². The van der Waals surface area contributed by atoms with Crippen molar-refractivity contribution in [3.05, 3.63) is 94.5 Å². The van der Waals surface area contributed by atoms with Crippen molar-refractivity contribution in [3.63, 3.8) is 0 Å². The fourth-order valence-electron chi connectivity index (χ4n) is 5.40. The number of rotatable bonds is 6. The predicted molar refractivity (Wildman–Crippen MR) is 143 cm³/mol. The van der Waals surface area contributed by atoms with Crippen LogP contribution in [0.4, 0.5) is 8.78 Å². The number of likely N-dealkylation sites (tertiary alicyclic amines) is 2. The first kappa shape index (κ1) is 27.6. The molecular formula is C30H27ClF2N2O5. The Morgan fingerprint density at radius 1 is 0.975 bits per heavy atom. The Morgan fingerprint density at radius 3 is 2.38 bits per heavy atom. The van der Waals surface area contributed by atoms with Gasteiger partial charge in [0.15, 0.2) is 11.6 Å². The van der Waals surface area contributed by atoms with Crippen molar-refractivity contribution in [2.75, 3.05) is 32.8 Å². The molecule has 0 radical (unpaired) electrons. The van der Waals surface area contributed by atoms with Crippen molar-refractivity contribution in [2.24, 2.45) is 11.3 Å². The monoisotopic (exact) mass is 568 g/mol. The van der Waals surface area contributed by atoms with Crippen LogP contribution < -0.4 is 4.74 Å². The lowest BCUT2D eigenvalue weighted by molar-refractivity contribution is -0.164. The fraction of sp³-hybridized carbons (Fsp3) is 0.300. The minimum atomic E-state index is -1.23. The smallest absolute Gasteiger partial charge is 0.311 e. The van der Waals surface area contributed by atoms with Crippen LogP contribution in [0.5, 0.6) is 11.5 Å². The van der Waals surface area contributed by atoms with Crippen LogP contribution in [-0.2, 0) is 9.53 Å². The standard InChI is InChI=1S/C30H27ClF2N2O5/c1-2-39-29(38)22-16-34(27(36)19-14-23(31)26(33)24(32)15-19)13-12-30(22)17-35(18-30)28(37)21-10-6-7-11-25(21)40-20-8-4-3-5-9-20/h3-11,14-15,22H,2,12-13,16-18H2,1H3. The Kier molecular flexibility index (Phi) is 7.76. The van der Waals surface area contributed by atoms with E-state index in [0.29, 0.717) is 36.6 Å². The SMILES string of the molecule is CCOC(=O)C1CN(C(=O)c2cc(F)c(F)c(Cl)c2)CCC12CN(C(=O)c1ccccc1Oc1ccccc1)C2. The van der Waals surface area contributed by atoms with Crippen LogP contribution in [0.2, 0.25) is 5.02 Å². The van der Waals surface area contributed by atoms with Crippen molar-refractivity contribution < 1.29 is 32.6 Å². The van der Waals surface area contributed by atoms with Crippen LogP contribution in [0.25, 0.3) is 0 Å². The Morgan fingerprint density at radius 2 is 1.68 bits per heavy atom.